The highest BCUT2D eigenvalue weighted by Gasteiger charge is 2.37. The number of rotatable bonds is 7. The molecule has 0 radical (unpaired) electrons. The molecular formula is C24H31NO4SSi. The van der Waals surface area contributed by atoms with Crippen LogP contribution in [-0.2, 0) is 20.9 Å². The predicted molar refractivity (Wildman–Crippen MR) is 128 cm³/mol. The minimum Gasteiger partial charge on any atom is -0.416 e. The maximum Gasteiger partial charge on any atom is 0.268 e. The normalized spacial score (nSPS) is 13.0. The SMILES string of the molecule is Cc1ccc(S(=O)(=O)n2c(C=O)c(CCO[Si](C)(C)C(C)(C)C)c3ccccc32)cc1. The molecule has 7 heteroatoms. The smallest absolute Gasteiger partial charge is 0.268 e. The maximum absolute atomic E-state index is 13.5. The molecule has 3 rings (SSSR count). The van der Waals surface area contributed by atoms with Gasteiger partial charge in [0.25, 0.3) is 10.0 Å². The molecule has 166 valence electrons. The number of hydrogen-bond donors (Lipinski definition) is 0. The van der Waals surface area contributed by atoms with Crippen molar-refractivity contribution >= 4 is 35.5 Å². The van der Waals surface area contributed by atoms with Crippen molar-refractivity contribution in [1.82, 2.24) is 3.97 Å². The van der Waals surface area contributed by atoms with E-state index in [1.807, 2.05) is 19.1 Å². The van der Waals surface area contributed by atoms with E-state index in [1.165, 1.54) is 3.97 Å². The Morgan fingerprint density at radius 1 is 1.03 bits per heavy atom. The number of para-hydroxylation sites is 1. The first-order chi connectivity index (χ1) is 14.4. The summed E-state index contributed by atoms with van der Waals surface area (Å²) in [7, 11) is -5.88. The van der Waals surface area contributed by atoms with Gasteiger partial charge in [0.1, 0.15) is 5.69 Å². The number of fused-ring (bicyclic) bond motifs is 1. The van der Waals surface area contributed by atoms with Crippen LogP contribution < -0.4 is 0 Å². The Labute approximate surface area is 186 Å². The van der Waals surface area contributed by atoms with Crippen LogP contribution in [0.3, 0.4) is 0 Å². The Morgan fingerprint density at radius 2 is 1.65 bits per heavy atom. The highest BCUT2D eigenvalue weighted by atomic mass is 32.2. The van der Waals surface area contributed by atoms with Gasteiger partial charge in [-0.15, -0.1) is 0 Å². The first kappa shape index (κ1) is 23.4. The minimum atomic E-state index is -3.93. The highest BCUT2D eigenvalue weighted by Crippen LogP contribution is 2.37. The van der Waals surface area contributed by atoms with Gasteiger partial charge in [-0.05, 0) is 55.2 Å². The Kier molecular flexibility index (Phi) is 6.33. The molecule has 1 heterocycles. The van der Waals surface area contributed by atoms with Crippen LogP contribution in [0, 0.1) is 6.92 Å². The zero-order chi connectivity index (χ0) is 23.0. The lowest BCUT2D eigenvalue weighted by Crippen LogP contribution is -2.41. The summed E-state index contributed by atoms with van der Waals surface area (Å²) in [4.78, 5) is 12.3. The fourth-order valence-electron chi connectivity index (χ4n) is 3.38. The third-order valence-electron chi connectivity index (χ3n) is 6.27. The lowest BCUT2D eigenvalue weighted by atomic mass is 10.1. The van der Waals surface area contributed by atoms with E-state index in [0.717, 1.165) is 10.9 Å². The summed E-state index contributed by atoms with van der Waals surface area (Å²) in [5.41, 5.74) is 2.35. The zero-order valence-corrected chi connectivity index (χ0v) is 20.9. The summed E-state index contributed by atoms with van der Waals surface area (Å²) in [6.45, 7) is 13.2. The fourth-order valence-corrected chi connectivity index (χ4v) is 5.94. The first-order valence-electron chi connectivity index (χ1n) is 10.4. The molecule has 0 atom stereocenters. The van der Waals surface area contributed by atoms with Gasteiger partial charge in [-0.3, -0.25) is 4.79 Å². The molecule has 0 aliphatic carbocycles. The van der Waals surface area contributed by atoms with Crippen LogP contribution in [0.2, 0.25) is 18.1 Å². The van der Waals surface area contributed by atoms with E-state index in [4.69, 9.17) is 4.43 Å². The average Bonchev–Trinajstić information content (AvgIpc) is 3.01. The summed E-state index contributed by atoms with van der Waals surface area (Å²) >= 11 is 0. The van der Waals surface area contributed by atoms with Gasteiger partial charge in [0.15, 0.2) is 14.6 Å². The van der Waals surface area contributed by atoms with E-state index in [2.05, 4.69) is 33.9 Å². The molecule has 2 aromatic carbocycles. The monoisotopic (exact) mass is 457 g/mol. The predicted octanol–water partition coefficient (Wildman–Crippen LogP) is 5.56. The molecule has 0 saturated heterocycles. The molecule has 0 saturated carbocycles. The van der Waals surface area contributed by atoms with Gasteiger partial charge >= 0.3 is 0 Å². The molecule has 0 bridgehead atoms. The Morgan fingerprint density at radius 3 is 2.23 bits per heavy atom. The molecular weight excluding hydrogens is 426 g/mol. The van der Waals surface area contributed by atoms with Gasteiger partial charge in [0.2, 0.25) is 0 Å². The van der Waals surface area contributed by atoms with Crippen molar-refractivity contribution in [3.05, 3.63) is 65.4 Å². The molecule has 0 aliphatic rings. The van der Waals surface area contributed by atoms with Crippen molar-refractivity contribution in [3.63, 3.8) is 0 Å². The van der Waals surface area contributed by atoms with Crippen molar-refractivity contribution < 1.29 is 17.6 Å². The zero-order valence-electron chi connectivity index (χ0n) is 19.1. The molecule has 5 nitrogen and oxygen atoms in total. The Balaban J connectivity index is 2.09. The standard InChI is InChI=1S/C24H31NO4SSi/c1-18-11-13-19(14-12-18)30(27,28)25-22-10-8-7-9-20(22)21(23(25)17-26)15-16-29-31(5,6)24(2,3)4/h7-14,17H,15-16H2,1-6H3. The van der Waals surface area contributed by atoms with Crippen LogP contribution in [-0.4, -0.2) is 33.6 Å². The second-order valence-corrected chi connectivity index (χ2v) is 16.0. The van der Waals surface area contributed by atoms with E-state index in [0.29, 0.717) is 30.4 Å². The second-order valence-electron chi connectivity index (χ2n) is 9.44. The second kappa shape index (κ2) is 8.37. The van der Waals surface area contributed by atoms with Crippen molar-refractivity contribution in [1.29, 1.82) is 0 Å². The molecule has 3 aromatic rings. The van der Waals surface area contributed by atoms with E-state index >= 15 is 0 Å². The van der Waals surface area contributed by atoms with Crippen molar-refractivity contribution in [2.75, 3.05) is 6.61 Å². The minimum absolute atomic E-state index is 0.0727. The van der Waals surface area contributed by atoms with Crippen molar-refractivity contribution in [2.24, 2.45) is 0 Å². The molecule has 31 heavy (non-hydrogen) atoms. The molecule has 0 unspecified atom stereocenters. The number of aldehydes is 1. The molecule has 0 fully saturated rings. The lowest BCUT2D eigenvalue weighted by Gasteiger charge is -2.36. The van der Waals surface area contributed by atoms with Crippen molar-refractivity contribution in [3.8, 4) is 0 Å². The van der Waals surface area contributed by atoms with E-state index in [9.17, 15) is 13.2 Å². The summed E-state index contributed by atoms with van der Waals surface area (Å²) in [5, 5.41) is 0.836. The number of carbonyl (C=O) groups excluding carboxylic acids is 1. The Hall–Kier alpha value is -2.22. The maximum atomic E-state index is 13.5. The van der Waals surface area contributed by atoms with Crippen molar-refractivity contribution in [2.45, 2.75) is 57.1 Å². The summed E-state index contributed by atoms with van der Waals surface area (Å²) in [5.74, 6) is 0. The summed E-state index contributed by atoms with van der Waals surface area (Å²) < 4.78 is 34.5. The number of aromatic nitrogens is 1. The van der Waals surface area contributed by atoms with Crippen LogP contribution in [0.15, 0.2) is 53.4 Å². The largest absolute Gasteiger partial charge is 0.416 e. The van der Waals surface area contributed by atoms with Crippen LogP contribution in [0.25, 0.3) is 10.9 Å². The van der Waals surface area contributed by atoms with Crippen LogP contribution in [0.4, 0.5) is 0 Å². The average molecular weight is 458 g/mol. The third-order valence-corrected chi connectivity index (χ3v) is 12.5. The third kappa shape index (κ3) is 4.40. The molecule has 0 aliphatic heterocycles. The van der Waals surface area contributed by atoms with Crippen LogP contribution in [0.1, 0.15) is 42.4 Å². The number of aryl methyl sites for hydroxylation is 1. The van der Waals surface area contributed by atoms with Gasteiger partial charge in [-0.25, -0.2) is 12.4 Å². The van der Waals surface area contributed by atoms with Gasteiger partial charge in [0, 0.05) is 12.0 Å². The van der Waals surface area contributed by atoms with E-state index in [-0.39, 0.29) is 15.6 Å². The van der Waals surface area contributed by atoms with Gasteiger partial charge in [-0.2, -0.15) is 0 Å². The molecule has 1 aromatic heterocycles. The molecule has 0 spiro atoms. The summed E-state index contributed by atoms with van der Waals surface area (Å²) in [6, 6.07) is 13.9. The number of benzene rings is 2. The van der Waals surface area contributed by atoms with Crippen LogP contribution >= 0.6 is 0 Å². The van der Waals surface area contributed by atoms with Crippen LogP contribution in [0.5, 0.6) is 0 Å². The Bertz CT molecular complexity index is 1200. The van der Waals surface area contributed by atoms with E-state index in [1.54, 1.807) is 36.4 Å². The fraction of sp³-hybridized carbons (Fsp3) is 0.375. The molecule has 0 N–H and O–H groups in total. The highest BCUT2D eigenvalue weighted by molar-refractivity contribution is 7.90. The van der Waals surface area contributed by atoms with Gasteiger partial charge < -0.3 is 4.43 Å². The number of carbonyl (C=O) groups is 1. The van der Waals surface area contributed by atoms with Gasteiger partial charge in [-0.1, -0.05) is 56.7 Å². The molecule has 0 amide bonds. The lowest BCUT2D eigenvalue weighted by molar-refractivity contribution is 0.111. The quantitative estimate of drug-likeness (QED) is 0.344. The number of nitrogens with zero attached hydrogens (tertiary/aromatic N) is 1. The topological polar surface area (TPSA) is 65.4 Å². The van der Waals surface area contributed by atoms with E-state index < -0.39 is 18.3 Å². The number of hydrogen-bond acceptors (Lipinski definition) is 4. The van der Waals surface area contributed by atoms with Gasteiger partial charge in [0.05, 0.1) is 10.4 Å². The first-order valence-corrected chi connectivity index (χ1v) is 14.8. The summed E-state index contributed by atoms with van der Waals surface area (Å²) in [6.07, 6.45) is 1.12.